The van der Waals surface area contributed by atoms with Crippen LogP contribution in [0.25, 0.3) is 0 Å². The van der Waals surface area contributed by atoms with E-state index in [1.165, 1.54) is 0 Å². The lowest BCUT2D eigenvalue weighted by Crippen LogP contribution is -2.12. The number of pyridine rings is 1. The highest BCUT2D eigenvalue weighted by atomic mass is 79.9. The van der Waals surface area contributed by atoms with Gasteiger partial charge in [-0.1, -0.05) is 12.2 Å². The molecule has 0 aliphatic rings. The molecule has 0 bridgehead atoms. The van der Waals surface area contributed by atoms with Crippen LogP contribution in [0.2, 0.25) is 0 Å². The first-order valence-electron chi connectivity index (χ1n) is 5.92. The van der Waals surface area contributed by atoms with E-state index in [9.17, 15) is 0 Å². The van der Waals surface area contributed by atoms with E-state index in [0.29, 0.717) is 18.1 Å². The number of nitrogens with zero attached hydrogens (tertiary/aromatic N) is 1. The van der Waals surface area contributed by atoms with Crippen molar-refractivity contribution in [1.29, 1.82) is 0 Å². The molecule has 0 spiro atoms. The van der Waals surface area contributed by atoms with E-state index in [-0.39, 0.29) is 4.99 Å². The Morgan fingerprint density at radius 3 is 2.57 bits per heavy atom. The summed E-state index contributed by atoms with van der Waals surface area (Å²) in [5.41, 5.74) is 7.09. The van der Waals surface area contributed by atoms with Crippen LogP contribution in [0, 0.1) is 0 Å². The summed E-state index contributed by atoms with van der Waals surface area (Å²) in [6.45, 7) is 0.384. The highest BCUT2D eigenvalue weighted by Gasteiger charge is 2.09. The first kappa shape index (κ1) is 16.2. The average Bonchev–Trinajstić information content (AvgIpc) is 2.48. The van der Waals surface area contributed by atoms with Gasteiger partial charge in [0.2, 0.25) is 0 Å². The number of methoxy groups -OCH3 is 1. The minimum Gasteiger partial charge on any atom is -0.496 e. The number of thiocarbonyl (C=S) groups is 1. The maximum Gasteiger partial charge on any atom is 0.135 e. The lowest BCUT2D eigenvalue weighted by atomic mass is 10.2. The van der Waals surface area contributed by atoms with E-state index in [1.807, 2.05) is 24.3 Å². The third-order valence-electron chi connectivity index (χ3n) is 2.68. The van der Waals surface area contributed by atoms with Gasteiger partial charge in [-0.05, 0) is 61.7 Å². The van der Waals surface area contributed by atoms with E-state index < -0.39 is 0 Å². The fraction of sp³-hybridized carbons (Fsp3) is 0.143. The number of rotatable bonds is 5. The van der Waals surface area contributed by atoms with Gasteiger partial charge in [0, 0.05) is 6.20 Å². The fourth-order valence-electron chi connectivity index (χ4n) is 1.64. The van der Waals surface area contributed by atoms with Gasteiger partial charge in [-0.3, -0.25) is 4.98 Å². The number of aromatic nitrogens is 1. The normalized spacial score (nSPS) is 10.2. The Bertz CT molecular complexity index is 680. The largest absolute Gasteiger partial charge is 0.496 e. The number of benzene rings is 1. The third-order valence-corrected chi connectivity index (χ3v) is 4.13. The SMILES string of the molecule is COc1cc(Br)c(OCc2ccnc(C(N)=S)c2)cc1Br. The molecular weight excluding hydrogens is 420 g/mol. The minimum atomic E-state index is 0.269. The molecule has 1 aromatic heterocycles. The Hall–Kier alpha value is -1.18. The Kier molecular flexibility index (Phi) is 5.55. The van der Waals surface area contributed by atoms with Crippen LogP contribution in [-0.2, 0) is 6.61 Å². The predicted octanol–water partition coefficient (Wildman–Crippen LogP) is 3.83. The smallest absolute Gasteiger partial charge is 0.135 e. The summed E-state index contributed by atoms with van der Waals surface area (Å²) >= 11 is 11.8. The molecule has 2 N–H and O–H groups in total. The van der Waals surface area contributed by atoms with Crippen molar-refractivity contribution in [1.82, 2.24) is 4.98 Å². The summed E-state index contributed by atoms with van der Waals surface area (Å²) in [4.78, 5) is 4.36. The summed E-state index contributed by atoms with van der Waals surface area (Å²) in [6, 6.07) is 7.36. The number of hydrogen-bond acceptors (Lipinski definition) is 4. The molecule has 1 heterocycles. The molecule has 0 aliphatic heterocycles. The van der Waals surface area contributed by atoms with Gasteiger partial charge in [0.25, 0.3) is 0 Å². The van der Waals surface area contributed by atoms with E-state index in [4.69, 9.17) is 27.4 Å². The summed E-state index contributed by atoms with van der Waals surface area (Å²) in [7, 11) is 1.61. The van der Waals surface area contributed by atoms with Crippen LogP contribution in [0.15, 0.2) is 39.4 Å². The molecule has 0 saturated carbocycles. The Balaban J connectivity index is 2.15. The van der Waals surface area contributed by atoms with Crippen LogP contribution in [0.1, 0.15) is 11.3 Å². The van der Waals surface area contributed by atoms with E-state index in [1.54, 1.807) is 13.3 Å². The van der Waals surface area contributed by atoms with Gasteiger partial charge in [0.1, 0.15) is 23.1 Å². The molecule has 0 fully saturated rings. The lowest BCUT2D eigenvalue weighted by molar-refractivity contribution is 0.303. The van der Waals surface area contributed by atoms with Gasteiger partial charge >= 0.3 is 0 Å². The van der Waals surface area contributed by atoms with Crippen molar-refractivity contribution in [2.24, 2.45) is 5.73 Å². The molecule has 0 radical (unpaired) electrons. The number of hydrogen-bond donors (Lipinski definition) is 1. The van der Waals surface area contributed by atoms with Crippen LogP contribution in [0.5, 0.6) is 11.5 Å². The van der Waals surface area contributed by atoms with Crippen LogP contribution < -0.4 is 15.2 Å². The van der Waals surface area contributed by atoms with Crippen molar-refractivity contribution in [3.8, 4) is 11.5 Å². The third kappa shape index (κ3) is 4.15. The lowest BCUT2D eigenvalue weighted by Gasteiger charge is -2.11. The zero-order valence-corrected chi connectivity index (χ0v) is 15.1. The molecule has 1 aromatic carbocycles. The first-order valence-corrected chi connectivity index (χ1v) is 7.91. The molecule has 0 unspecified atom stereocenters. The molecule has 7 heteroatoms. The molecule has 0 saturated heterocycles. The highest BCUT2D eigenvalue weighted by Crippen LogP contribution is 2.36. The van der Waals surface area contributed by atoms with Crippen molar-refractivity contribution in [3.05, 3.63) is 50.7 Å². The van der Waals surface area contributed by atoms with Crippen molar-refractivity contribution in [2.45, 2.75) is 6.61 Å². The molecule has 21 heavy (non-hydrogen) atoms. The zero-order valence-electron chi connectivity index (χ0n) is 11.1. The molecule has 2 rings (SSSR count). The molecule has 2 aromatic rings. The maximum atomic E-state index is 5.79. The van der Waals surface area contributed by atoms with Crippen molar-refractivity contribution in [2.75, 3.05) is 7.11 Å². The summed E-state index contributed by atoms with van der Waals surface area (Å²) in [6.07, 6.45) is 1.66. The fourth-order valence-corrected chi connectivity index (χ4v) is 2.67. The molecule has 0 amide bonds. The average molecular weight is 432 g/mol. The number of halogens is 2. The second-order valence-electron chi connectivity index (χ2n) is 4.12. The Morgan fingerprint density at radius 2 is 1.90 bits per heavy atom. The van der Waals surface area contributed by atoms with Gasteiger partial charge in [-0.2, -0.15) is 0 Å². The highest BCUT2D eigenvalue weighted by molar-refractivity contribution is 9.11. The van der Waals surface area contributed by atoms with E-state index in [0.717, 1.165) is 20.3 Å². The van der Waals surface area contributed by atoms with Crippen LogP contribution >= 0.6 is 44.1 Å². The first-order chi connectivity index (χ1) is 10.0. The van der Waals surface area contributed by atoms with Gasteiger partial charge in [-0.25, -0.2) is 0 Å². The van der Waals surface area contributed by atoms with Gasteiger partial charge in [0.15, 0.2) is 0 Å². The van der Waals surface area contributed by atoms with E-state index in [2.05, 4.69) is 36.8 Å². The Morgan fingerprint density at radius 1 is 1.24 bits per heavy atom. The molecular formula is C14H12Br2N2O2S. The molecule has 0 aliphatic carbocycles. The number of nitrogens with two attached hydrogens (primary N) is 1. The molecule has 4 nitrogen and oxygen atoms in total. The summed E-state index contributed by atoms with van der Waals surface area (Å²) < 4.78 is 12.6. The van der Waals surface area contributed by atoms with Gasteiger partial charge in [0.05, 0.1) is 21.7 Å². The van der Waals surface area contributed by atoms with Crippen LogP contribution in [0.4, 0.5) is 0 Å². The zero-order chi connectivity index (χ0) is 15.4. The van der Waals surface area contributed by atoms with E-state index >= 15 is 0 Å². The summed E-state index contributed by atoms with van der Waals surface area (Å²) in [5.74, 6) is 1.44. The molecule has 110 valence electrons. The second kappa shape index (κ2) is 7.20. The molecule has 0 atom stereocenters. The topological polar surface area (TPSA) is 57.4 Å². The maximum absolute atomic E-state index is 5.79. The van der Waals surface area contributed by atoms with Crippen molar-refractivity contribution < 1.29 is 9.47 Å². The monoisotopic (exact) mass is 430 g/mol. The van der Waals surface area contributed by atoms with Gasteiger partial charge in [-0.15, -0.1) is 0 Å². The van der Waals surface area contributed by atoms with Gasteiger partial charge < -0.3 is 15.2 Å². The summed E-state index contributed by atoms with van der Waals surface area (Å²) in [5, 5.41) is 0. The van der Waals surface area contributed by atoms with Crippen molar-refractivity contribution >= 4 is 49.1 Å². The predicted molar refractivity (Wildman–Crippen MR) is 92.9 cm³/mol. The van der Waals surface area contributed by atoms with Crippen LogP contribution in [-0.4, -0.2) is 17.1 Å². The van der Waals surface area contributed by atoms with Crippen molar-refractivity contribution in [3.63, 3.8) is 0 Å². The van der Waals surface area contributed by atoms with Crippen LogP contribution in [0.3, 0.4) is 0 Å². The second-order valence-corrected chi connectivity index (χ2v) is 6.27. The quantitative estimate of drug-likeness (QED) is 0.729. The Labute approximate surface area is 144 Å². The minimum absolute atomic E-state index is 0.269. The number of ether oxygens (including phenoxy) is 2. The standard InChI is InChI=1S/C14H12Br2N2O2S/c1-19-12-5-10(16)13(6-9(12)15)20-7-8-2-3-18-11(4-8)14(17)21/h2-6H,7H2,1H3,(H2,17,21).